The second kappa shape index (κ2) is 7.03. The SMILES string of the molecule is Cc1nc(N2CCOCC2)nc(C)c1-c1cccc2c1OC[C@H]2OC(N)=O. The highest BCUT2D eigenvalue weighted by atomic mass is 16.6. The van der Waals surface area contributed by atoms with Crippen LogP contribution < -0.4 is 15.4 Å². The first-order valence-electron chi connectivity index (χ1n) is 8.94. The standard InChI is InChI=1S/C19H22N4O4/c1-11-16(12(2)22-19(21-11)23-6-8-25-9-7-23)14-5-3-4-13-15(27-18(20)24)10-26-17(13)14/h3-5,15H,6-10H2,1-2H3,(H2,20,24)/t15-/m1/s1. The van der Waals surface area contributed by atoms with E-state index in [9.17, 15) is 4.79 Å². The predicted octanol–water partition coefficient (Wildman–Crippen LogP) is 2.13. The number of fused-ring (bicyclic) bond motifs is 1. The Kier molecular flexibility index (Phi) is 4.57. The van der Waals surface area contributed by atoms with Crippen LogP contribution in [0, 0.1) is 13.8 Å². The minimum atomic E-state index is -0.813. The first-order valence-corrected chi connectivity index (χ1v) is 8.94. The summed E-state index contributed by atoms with van der Waals surface area (Å²) < 4.78 is 16.4. The highest BCUT2D eigenvalue weighted by Gasteiger charge is 2.30. The molecule has 0 spiro atoms. The molecule has 2 aliphatic heterocycles. The van der Waals surface area contributed by atoms with Crippen molar-refractivity contribution in [2.24, 2.45) is 5.73 Å². The lowest BCUT2D eigenvalue weighted by molar-refractivity contribution is 0.0906. The molecule has 0 saturated carbocycles. The van der Waals surface area contributed by atoms with Crippen molar-refractivity contribution in [3.8, 4) is 16.9 Å². The van der Waals surface area contributed by atoms with Crippen LogP contribution in [0.2, 0.25) is 0 Å². The van der Waals surface area contributed by atoms with Crippen LogP contribution in [-0.4, -0.2) is 49.0 Å². The maximum atomic E-state index is 11.1. The van der Waals surface area contributed by atoms with E-state index in [1.54, 1.807) is 0 Å². The summed E-state index contributed by atoms with van der Waals surface area (Å²) in [6.45, 7) is 7.14. The van der Waals surface area contributed by atoms with Crippen molar-refractivity contribution < 1.29 is 19.0 Å². The van der Waals surface area contributed by atoms with Crippen molar-refractivity contribution in [3.63, 3.8) is 0 Å². The molecule has 1 fully saturated rings. The number of benzene rings is 1. The van der Waals surface area contributed by atoms with Gasteiger partial charge >= 0.3 is 6.09 Å². The van der Waals surface area contributed by atoms with Crippen LogP contribution in [0.15, 0.2) is 18.2 Å². The minimum Gasteiger partial charge on any atom is -0.488 e. The van der Waals surface area contributed by atoms with Crippen LogP contribution in [0.5, 0.6) is 5.75 Å². The van der Waals surface area contributed by atoms with Gasteiger partial charge in [-0.2, -0.15) is 0 Å². The van der Waals surface area contributed by atoms with Gasteiger partial charge in [0.15, 0.2) is 6.10 Å². The Labute approximate surface area is 157 Å². The van der Waals surface area contributed by atoms with E-state index < -0.39 is 12.2 Å². The number of rotatable bonds is 3. The van der Waals surface area contributed by atoms with Crippen LogP contribution in [0.1, 0.15) is 23.1 Å². The fourth-order valence-corrected chi connectivity index (χ4v) is 3.65. The molecule has 27 heavy (non-hydrogen) atoms. The summed E-state index contributed by atoms with van der Waals surface area (Å²) in [5, 5.41) is 0. The summed E-state index contributed by atoms with van der Waals surface area (Å²) in [5.41, 5.74) is 9.55. The molecule has 8 nitrogen and oxygen atoms in total. The fraction of sp³-hybridized carbons (Fsp3) is 0.421. The molecule has 1 saturated heterocycles. The number of morpholine rings is 1. The molecule has 1 amide bonds. The fourth-order valence-electron chi connectivity index (χ4n) is 3.65. The van der Waals surface area contributed by atoms with E-state index in [1.807, 2.05) is 32.0 Å². The number of carbonyl (C=O) groups excluding carboxylic acids is 1. The molecule has 3 heterocycles. The van der Waals surface area contributed by atoms with Crippen LogP contribution in [-0.2, 0) is 9.47 Å². The smallest absolute Gasteiger partial charge is 0.405 e. The molecule has 0 unspecified atom stereocenters. The van der Waals surface area contributed by atoms with E-state index in [0.29, 0.717) is 19.0 Å². The van der Waals surface area contributed by atoms with Crippen molar-refractivity contribution in [2.75, 3.05) is 37.8 Å². The second-order valence-corrected chi connectivity index (χ2v) is 6.63. The third kappa shape index (κ3) is 3.28. The predicted molar refractivity (Wildman–Crippen MR) is 98.9 cm³/mol. The Morgan fingerprint density at radius 1 is 1.22 bits per heavy atom. The van der Waals surface area contributed by atoms with Gasteiger partial charge in [0.25, 0.3) is 0 Å². The lowest BCUT2D eigenvalue weighted by Crippen LogP contribution is -2.37. The number of hydrogen-bond donors (Lipinski definition) is 1. The summed E-state index contributed by atoms with van der Waals surface area (Å²) in [7, 11) is 0. The van der Waals surface area contributed by atoms with Gasteiger partial charge in [-0.3, -0.25) is 0 Å². The number of ether oxygens (including phenoxy) is 3. The number of primary amides is 1. The van der Waals surface area contributed by atoms with E-state index in [-0.39, 0.29) is 6.61 Å². The lowest BCUT2D eigenvalue weighted by Gasteiger charge is -2.27. The van der Waals surface area contributed by atoms with Gasteiger partial charge in [-0.25, -0.2) is 14.8 Å². The molecular formula is C19H22N4O4. The number of para-hydroxylation sites is 1. The van der Waals surface area contributed by atoms with Gasteiger partial charge in [-0.15, -0.1) is 0 Å². The van der Waals surface area contributed by atoms with Crippen molar-refractivity contribution in [1.29, 1.82) is 0 Å². The molecule has 1 aromatic carbocycles. The van der Waals surface area contributed by atoms with Crippen molar-refractivity contribution in [2.45, 2.75) is 20.0 Å². The van der Waals surface area contributed by atoms with Gasteiger partial charge in [-0.1, -0.05) is 18.2 Å². The summed E-state index contributed by atoms with van der Waals surface area (Å²) >= 11 is 0. The third-order valence-electron chi connectivity index (χ3n) is 4.85. The van der Waals surface area contributed by atoms with E-state index >= 15 is 0 Å². The average molecular weight is 370 g/mol. The number of aromatic nitrogens is 2. The molecule has 1 atom stereocenters. The number of carbonyl (C=O) groups is 1. The average Bonchev–Trinajstić information content (AvgIpc) is 3.05. The van der Waals surface area contributed by atoms with Gasteiger partial charge in [-0.05, 0) is 13.8 Å². The summed E-state index contributed by atoms with van der Waals surface area (Å²) in [6.07, 6.45) is -1.31. The van der Waals surface area contributed by atoms with Gasteiger partial charge < -0.3 is 24.8 Å². The van der Waals surface area contributed by atoms with Gasteiger partial charge in [0.1, 0.15) is 12.4 Å². The number of hydrogen-bond acceptors (Lipinski definition) is 7. The maximum absolute atomic E-state index is 11.1. The monoisotopic (exact) mass is 370 g/mol. The van der Waals surface area contributed by atoms with E-state index in [0.717, 1.165) is 47.1 Å². The van der Waals surface area contributed by atoms with E-state index in [4.69, 9.17) is 29.9 Å². The molecule has 4 rings (SSSR count). The van der Waals surface area contributed by atoms with Gasteiger partial charge in [0.2, 0.25) is 5.95 Å². The topological polar surface area (TPSA) is 99.8 Å². The third-order valence-corrected chi connectivity index (χ3v) is 4.85. The molecule has 142 valence electrons. The molecule has 2 aromatic rings. The normalized spacial score (nSPS) is 18.7. The molecule has 2 aliphatic rings. The Morgan fingerprint density at radius 3 is 2.59 bits per heavy atom. The van der Waals surface area contributed by atoms with E-state index in [2.05, 4.69) is 4.90 Å². The Hall–Kier alpha value is -2.87. The Bertz CT molecular complexity index is 857. The summed E-state index contributed by atoms with van der Waals surface area (Å²) in [5.74, 6) is 1.41. The number of anilines is 1. The molecule has 1 aromatic heterocycles. The highest BCUT2D eigenvalue weighted by molar-refractivity contribution is 5.77. The number of aryl methyl sites for hydroxylation is 2. The Morgan fingerprint density at radius 2 is 1.93 bits per heavy atom. The first kappa shape index (κ1) is 17.5. The first-order chi connectivity index (χ1) is 13.0. The molecule has 0 radical (unpaired) electrons. The minimum absolute atomic E-state index is 0.250. The molecule has 0 bridgehead atoms. The molecule has 0 aliphatic carbocycles. The number of nitrogens with zero attached hydrogens (tertiary/aromatic N) is 3. The number of amides is 1. The second-order valence-electron chi connectivity index (χ2n) is 6.63. The van der Waals surface area contributed by atoms with Crippen LogP contribution in [0.25, 0.3) is 11.1 Å². The Balaban J connectivity index is 1.72. The summed E-state index contributed by atoms with van der Waals surface area (Å²) in [4.78, 5) is 22.7. The molecule has 2 N–H and O–H groups in total. The van der Waals surface area contributed by atoms with Crippen molar-refractivity contribution in [1.82, 2.24) is 9.97 Å². The lowest BCUT2D eigenvalue weighted by atomic mass is 9.98. The zero-order valence-electron chi connectivity index (χ0n) is 15.4. The van der Waals surface area contributed by atoms with Crippen LogP contribution in [0.3, 0.4) is 0 Å². The van der Waals surface area contributed by atoms with Gasteiger partial charge in [0, 0.05) is 29.8 Å². The molecular weight excluding hydrogens is 348 g/mol. The summed E-state index contributed by atoms with van der Waals surface area (Å²) in [6, 6.07) is 5.76. The highest BCUT2D eigenvalue weighted by Crippen LogP contribution is 2.43. The maximum Gasteiger partial charge on any atom is 0.405 e. The molecule has 8 heteroatoms. The largest absolute Gasteiger partial charge is 0.488 e. The van der Waals surface area contributed by atoms with Crippen molar-refractivity contribution >= 4 is 12.0 Å². The quantitative estimate of drug-likeness (QED) is 0.883. The van der Waals surface area contributed by atoms with Gasteiger partial charge in [0.05, 0.1) is 24.6 Å². The van der Waals surface area contributed by atoms with Crippen LogP contribution >= 0.6 is 0 Å². The number of nitrogens with two attached hydrogens (primary N) is 1. The zero-order chi connectivity index (χ0) is 19.0. The van der Waals surface area contributed by atoms with Crippen LogP contribution in [0.4, 0.5) is 10.7 Å². The van der Waals surface area contributed by atoms with Crippen molar-refractivity contribution in [3.05, 3.63) is 35.2 Å². The zero-order valence-corrected chi connectivity index (χ0v) is 15.4. The van der Waals surface area contributed by atoms with E-state index in [1.165, 1.54) is 0 Å².